The summed E-state index contributed by atoms with van der Waals surface area (Å²) < 4.78 is 33.5. The van der Waals surface area contributed by atoms with Gasteiger partial charge in [-0.3, -0.25) is 0 Å². The molecule has 0 amide bonds. The van der Waals surface area contributed by atoms with E-state index in [-0.39, 0.29) is 17.2 Å². The van der Waals surface area contributed by atoms with Gasteiger partial charge in [0.2, 0.25) is 0 Å². The van der Waals surface area contributed by atoms with Crippen LogP contribution in [0, 0.1) is 11.8 Å². The van der Waals surface area contributed by atoms with E-state index in [9.17, 15) is 23.1 Å². The lowest BCUT2D eigenvalue weighted by atomic mass is 9.78. The minimum absolute atomic E-state index is 0.0835. The van der Waals surface area contributed by atoms with E-state index in [0.29, 0.717) is 6.42 Å². The zero-order chi connectivity index (χ0) is 17.5. The summed E-state index contributed by atoms with van der Waals surface area (Å²) in [6, 6.07) is 0. The van der Waals surface area contributed by atoms with Crippen LogP contribution in [-0.2, 0) is 28.9 Å². The summed E-state index contributed by atoms with van der Waals surface area (Å²) >= 11 is 0. The molecule has 0 radical (unpaired) electrons. The Bertz CT molecular complexity index is 624. The van der Waals surface area contributed by atoms with Gasteiger partial charge in [-0.15, -0.1) is 0 Å². The Balaban J connectivity index is 1.98. The van der Waals surface area contributed by atoms with Crippen molar-refractivity contribution in [3.8, 4) is 0 Å². The number of hydrogen-bond donors (Lipinski definition) is 1. The molecule has 1 saturated heterocycles. The lowest BCUT2D eigenvalue weighted by Gasteiger charge is -2.48. The zero-order valence-corrected chi connectivity index (χ0v) is 14.2. The second-order valence-electron chi connectivity index (χ2n) is 6.46. The number of esters is 2. The Morgan fingerprint density at radius 3 is 2.48 bits per heavy atom. The lowest BCUT2D eigenvalue weighted by molar-refractivity contribution is -0.180. The average molecular weight is 346 g/mol. The molecule has 8 heteroatoms. The molecule has 1 N–H and O–H groups in total. The molecule has 1 aliphatic carbocycles. The topological polar surface area (TPSA) is 107 Å². The van der Waals surface area contributed by atoms with E-state index >= 15 is 0 Å². The van der Waals surface area contributed by atoms with Gasteiger partial charge in [0, 0.05) is 11.5 Å². The van der Waals surface area contributed by atoms with Crippen LogP contribution in [0.5, 0.6) is 0 Å². The fourth-order valence-electron chi connectivity index (χ4n) is 3.09. The molecule has 7 nitrogen and oxygen atoms in total. The smallest absolute Gasteiger partial charge is 0.347 e. The first-order valence-electron chi connectivity index (χ1n) is 7.51. The Labute approximate surface area is 135 Å². The molecule has 1 saturated carbocycles. The minimum atomic E-state index is -3.12. The van der Waals surface area contributed by atoms with Crippen LogP contribution < -0.4 is 0 Å². The standard InChI is InChI=1S/C15H22O7S/c1-7(2)14(17)21-9(4)15(18)22-13-8(3)5-11-10(12(13)16)6-23(11,19)20/h8-13,16H,1,5-6H2,2-4H3. The number of aliphatic hydroxyl groups is 1. The minimum Gasteiger partial charge on any atom is -0.457 e. The Hall–Kier alpha value is -1.41. The van der Waals surface area contributed by atoms with Gasteiger partial charge in [0.15, 0.2) is 15.9 Å². The van der Waals surface area contributed by atoms with Crippen LogP contribution in [0.4, 0.5) is 0 Å². The number of hydrogen-bond acceptors (Lipinski definition) is 7. The summed E-state index contributed by atoms with van der Waals surface area (Å²) in [5.41, 5.74) is 0.165. The molecule has 2 aliphatic rings. The number of carbonyl (C=O) groups excluding carboxylic acids is 2. The molecule has 0 aromatic rings. The van der Waals surface area contributed by atoms with Crippen LogP contribution >= 0.6 is 0 Å². The number of fused-ring (bicyclic) bond motifs is 1. The molecule has 2 fully saturated rings. The highest BCUT2D eigenvalue weighted by atomic mass is 32.2. The van der Waals surface area contributed by atoms with Gasteiger partial charge in [0.1, 0.15) is 6.10 Å². The van der Waals surface area contributed by atoms with Gasteiger partial charge in [0.25, 0.3) is 0 Å². The van der Waals surface area contributed by atoms with Crippen LogP contribution in [-0.4, -0.2) is 54.8 Å². The van der Waals surface area contributed by atoms with E-state index in [0.717, 1.165) is 0 Å². The summed E-state index contributed by atoms with van der Waals surface area (Å²) in [5.74, 6) is -2.25. The van der Waals surface area contributed by atoms with Crippen molar-refractivity contribution in [3.05, 3.63) is 12.2 Å². The van der Waals surface area contributed by atoms with E-state index in [1.165, 1.54) is 13.8 Å². The Kier molecular flexibility index (Phi) is 4.86. The third-order valence-corrected chi connectivity index (χ3v) is 6.83. The quantitative estimate of drug-likeness (QED) is 0.573. The lowest BCUT2D eigenvalue weighted by Crippen LogP contribution is -2.62. The maximum Gasteiger partial charge on any atom is 0.347 e. The first-order valence-corrected chi connectivity index (χ1v) is 9.22. The average Bonchev–Trinajstić information content (AvgIpc) is 2.45. The molecule has 0 bridgehead atoms. The van der Waals surface area contributed by atoms with Crippen LogP contribution in [0.15, 0.2) is 12.2 Å². The van der Waals surface area contributed by atoms with E-state index in [1.54, 1.807) is 6.92 Å². The first-order chi connectivity index (χ1) is 10.5. The SMILES string of the molecule is C=C(C)C(=O)OC(C)C(=O)OC1C(C)CC2C(CS2(=O)=O)C1O. The van der Waals surface area contributed by atoms with Gasteiger partial charge in [-0.1, -0.05) is 13.5 Å². The third-order valence-electron chi connectivity index (χ3n) is 4.52. The molecule has 6 atom stereocenters. The second-order valence-corrected chi connectivity index (χ2v) is 8.73. The predicted molar refractivity (Wildman–Crippen MR) is 81.1 cm³/mol. The maximum atomic E-state index is 12.0. The van der Waals surface area contributed by atoms with E-state index in [2.05, 4.69) is 6.58 Å². The summed E-state index contributed by atoms with van der Waals surface area (Å²) in [6.07, 6.45) is -2.60. The highest BCUT2D eigenvalue weighted by Gasteiger charge is 2.57. The van der Waals surface area contributed by atoms with Crippen LogP contribution in [0.2, 0.25) is 0 Å². The van der Waals surface area contributed by atoms with Crippen molar-refractivity contribution in [2.75, 3.05) is 5.75 Å². The normalized spacial score (nSPS) is 36.1. The molecule has 1 aliphatic heterocycles. The monoisotopic (exact) mass is 346 g/mol. The van der Waals surface area contributed by atoms with Crippen molar-refractivity contribution in [2.24, 2.45) is 11.8 Å². The third kappa shape index (κ3) is 3.42. The molecule has 2 rings (SSSR count). The van der Waals surface area contributed by atoms with Crippen LogP contribution in [0.3, 0.4) is 0 Å². The molecule has 0 aromatic heterocycles. The molecule has 23 heavy (non-hydrogen) atoms. The van der Waals surface area contributed by atoms with Crippen LogP contribution in [0.1, 0.15) is 27.2 Å². The van der Waals surface area contributed by atoms with Gasteiger partial charge in [0.05, 0.1) is 17.1 Å². The zero-order valence-electron chi connectivity index (χ0n) is 13.4. The van der Waals surface area contributed by atoms with Gasteiger partial charge in [-0.2, -0.15) is 0 Å². The fourth-order valence-corrected chi connectivity index (χ4v) is 5.33. The summed E-state index contributed by atoms with van der Waals surface area (Å²) in [7, 11) is -3.12. The van der Waals surface area contributed by atoms with Crippen molar-refractivity contribution < 1.29 is 32.6 Å². The van der Waals surface area contributed by atoms with Crippen molar-refractivity contribution in [1.82, 2.24) is 0 Å². The molecule has 0 aromatic carbocycles. The molecule has 1 heterocycles. The molecular formula is C15H22O7S. The van der Waals surface area contributed by atoms with Gasteiger partial charge < -0.3 is 14.6 Å². The summed E-state index contributed by atoms with van der Waals surface area (Å²) in [6.45, 7) is 7.99. The number of sulfone groups is 1. The Morgan fingerprint density at radius 2 is 1.96 bits per heavy atom. The maximum absolute atomic E-state index is 12.0. The van der Waals surface area contributed by atoms with E-state index in [4.69, 9.17) is 9.47 Å². The molecule has 6 unspecified atom stereocenters. The van der Waals surface area contributed by atoms with Gasteiger partial charge in [-0.25, -0.2) is 18.0 Å². The van der Waals surface area contributed by atoms with Crippen molar-refractivity contribution in [3.63, 3.8) is 0 Å². The van der Waals surface area contributed by atoms with Crippen LogP contribution in [0.25, 0.3) is 0 Å². The van der Waals surface area contributed by atoms with Gasteiger partial charge >= 0.3 is 11.9 Å². The first kappa shape index (κ1) is 17.9. The largest absolute Gasteiger partial charge is 0.457 e. The molecule has 0 spiro atoms. The van der Waals surface area contributed by atoms with E-state index in [1.807, 2.05) is 0 Å². The molecular weight excluding hydrogens is 324 g/mol. The highest BCUT2D eigenvalue weighted by Crippen LogP contribution is 2.43. The second kappa shape index (κ2) is 6.24. The number of ether oxygens (including phenoxy) is 2. The summed E-state index contributed by atoms with van der Waals surface area (Å²) in [4.78, 5) is 23.4. The summed E-state index contributed by atoms with van der Waals surface area (Å²) in [5, 5.41) is 9.74. The number of carbonyl (C=O) groups is 2. The number of rotatable bonds is 4. The fraction of sp³-hybridized carbons (Fsp3) is 0.733. The van der Waals surface area contributed by atoms with Crippen molar-refractivity contribution >= 4 is 21.8 Å². The highest BCUT2D eigenvalue weighted by molar-refractivity contribution is 7.93. The van der Waals surface area contributed by atoms with Crippen molar-refractivity contribution in [2.45, 2.75) is 50.8 Å². The molecule has 130 valence electrons. The predicted octanol–water partition coefficient (Wildman–Crippen LogP) is 0.220. The van der Waals surface area contributed by atoms with Crippen molar-refractivity contribution in [1.29, 1.82) is 0 Å². The Morgan fingerprint density at radius 1 is 1.35 bits per heavy atom. The number of aliphatic hydroxyl groups excluding tert-OH is 1. The van der Waals surface area contributed by atoms with E-state index < -0.39 is 51.3 Å². The van der Waals surface area contributed by atoms with Gasteiger partial charge in [-0.05, 0) is 26.2 Å².